The van der Waals surface area contributed by atoms with Crippen LogP contribution in [-0.4, -0.2) is 73.5 Å². The molecule has 1 fully saturated rings. The highest BCUT2D eigenvalue weighted by atomic mass is 16.5. The lowest BCUT2D eigenvalue weighted by Gasteiger charge is -2.39. The van der Waals surface area contributed by atoms with Crippen molar-refractivity contribution in [2.45, 2.75) is 38.1 Å². The van der Waals surface area contributed by atoms with E-state index in [9.17, 15) is 14.4 Å². The third-order valence-corrected chi connectivity index (χ3v) is 7.75. The number of rotatable bonds is 4. The number of nitrogens with one attached hydrogen (secondary N) is 1. The number of piperidine rings is 1. The number of benzene rings is 2. The largest absolute Gasteiger partial charge is 0.494 e. The van der Waals surface area contributed by atoms with E-state index in [0.29, 0.717) is 51.3 Å². The lowest BCUT2D eigenvalue weighted by Crippen LogP contribution is -2.43. The number of ether oxygens (including phenoxy) is 2. The number of likely N-dealkylation sites (tertiary alicyclic amines) is 1. The molecule has 0 aromatic heterocycles. The number of hydrogen-bond donors (Lipinski definition) is 2. The molecular formula is C29H36N4O5. The van der Waals surface area contributed by atoms with Gasteiger partial charge < -0.3 is 30.3 Å². The van der Waals surface area contributed by atoms with Gasteiger partial charge in [-0.3, -0.25) is 14.4 Å². The molecule has 38 heavy (non-hydrogen) atoms. The first-order valence-corrected chi connectivity index (χ1v) is 13.5. The van der Waals surface area contributed by atoms with Crippen molar-refractivity contribution in [2.75, 3.05) is 45.9 Å². The monoisotopic (exact) mass is 520 g/mol. The maximum absolute atomic E-state index is 13.6. The van der Waals surface area contributed by atoms with Gasteiger partial charge in [-0.1, -0.05) is 18.2 Å². The maximum atomic E-state index is 13.6. The van der Waals surface area contributed by atoms with Crippen LogP contribution in [0.15, 0.2) is 42.5 Å². The van der Waals surface area contributed by atoms with Gasteiger partial charge in [0.15, 0.2) is 6.61 Å². The number of hydrogen-bond acceptors (Lipinski definition) is 6. The smallest absolute Gasteiger partial charge is 0.257 e. The highest BCUT2D eigenvalue weighted by Crippen LogP contribution is 2.38. The Bertz CT molecular complexity index is 1180. The van der Waals surface area contributed by atoms with Gasteiger partial charge >= 0.3 is 0 Å². The summed E-state index contributed by atoms with van der Waals surface area (Å²) in [5.41, 5.74) is 8.65. The van der Waals surface area contributed by atoms with E-state index in [4.69, 9.17) is 15.2 Å². The zero-order valence-corrected chi connectivity index (χ0v) is 21.7. The van der Waals surface area contributed by atoms with Crippen molar-refractivity contribution in [1.82, 2.24) is 15.1 Å². The molecule has 4 aliphatic rings. The minimum Gasteiger partial charge on any atom is -0.494 e. The van der Waals surface area contributed by atoms with Gasteiger partial charge in [-0.25, -0.2) is 0 Å². The van der Waals surface area contributed by atoms with Crippen LogP contribution in [-0.2, 0) is 20.8 Å². The average Bonchev–Trinajstić information content (AvgIpc) is 2.93. The van der Waals surface area contributed by atoms with Crippen LogP contribution in [0.2, 0.25) is 0 Å². The van der Waals surface area contributed by atoms with Crippen molar-refractivity contribution in [3.05, 3.63) is 59.2 Å². The minimum absolute atomic E-state index is 0.0383. The van der Waals surface area contributed by atoms with Gasteiger partial charge in [0.1, 0.15) is 11.5 Å². The van der Waals surface area contributed by atoms with Crippen molar-refractivity contribution < 1.29 is 23.9 Å². The van der Waals surface area contributed by atoms with E-state index >= 15 is 0 Å². The first-order chi connectivity index (χ1) is 18.5. The number of carbonyl (C=O) groups is 3. The molecule has 1 unspecified atom stereocenters. The molecule has 4 aliphatic heterocycles. The van der Waals surface area contributed by atoms with E-state index in [0.717, 1.165) is 48.4 Å². The van der Waals surface area contributed by atoms with Crippen LogP contribution >= 0.6 is 0 Å². The van der Waals surface area contributed by atoms with Crippen LogP contribution in [0.5, 0.6) is 11.5 Å². The average molecular weight is 521 g/mol. The molecule has 6 bridgehead atoms. The van der Waals surface area contributed by atoms with Gasteiger partial charge in [0.25, 0.3) is 5.91 Å². The number of carbonyl (C=O) groups excluding carboxylic acids is 3. The second-order valence-electron chi connectivity index (χ2n) is 10.3. The number of amides is 3. The predicted molar refractivity (Wildman–Crippen MR) is 142 cm³/mol. The molecule has 2 aromatic rings. The summed E-state index contributed by atoms with van der Waals surface area (Å²) < 4.78 is 11.7. The summed E-state index contributed by atoms with van der Waals surface area (Å²) in [6.07, 6.45) is 3.31. The molecule has 3 amide bonds. The van der Waals surface area contributed by atoms with Crippen molar-refractivity contribution in [1.29, 1.82) is 0 Å². The molecule has 202 valence electrons. The van der Waals surface area contributed by atoms with E-state index in [-0.39, 0.29) is 36.3 Å². The van der Waals surface area contributed by atoms with Crippen LogP contribution in [0.4, 0.5) is 0 Å². The Hall–Kier alpha value is -3.59. The molecule has 4 heterocycles. The molecule has 0 saturated carbocycles. The topological polar surface area (TPSA) is 114 Å². The van der Waals surface area contributed by atoms with E-state index in [1.807, 2.05) is 41.3 Å². The van der Waals surface area contributed by atoms with Gasteiger partial charge in [0.2, 0.25) is 11.8 Å². The zero-order valence-electron chi connectivity index (χ0n) is 21.7. The Morgan fingerprint density at radius 2 is 1.84 bits per heavy atom. The van der Waals surface area contributed by atoms with Crippen molar-refractivity contribution in [2.24, 2.45) is 11.7 Å². The molecule has 9 nitrogen and oxygen atoms in total. The van der Waals surface area contributed by atoms with E-state index in [1.165, 1.54) is 0 Å². The number of nitrogens with two attached hydrogens (primary N) is 1. The molecule has 0 spiro atoms. The van der Waals surface area contributed by atoms with Crippen LogP contribution in [0.1, 0.15) is 48.4 Å². The Kier molecular flexibility index (Phi) is 8.12. The number of primary amides is 1. The fourth-order valence-corrected chi connectivity index (χ4v) is 5.62. The SMILES string of the molecule is NC(=O)C1CCN(CCC(=O)N2CCc3cc4ccc3C2c2cccc(c2)OCCCNC(=O)CO4)CC1. The third-order valence-electron chi connectivity index (χ3n) is 7.75. The maximum Gasteiger partial charge on any atom is 0.257 e. The third kappa shape index (κ3) is 6.10. The predicted octanol–water partition coefficient (Wildman–Crippen LogP) is 2.03. The van der Waals surface area contributed by atoms with Crippen molar-refractivity contribution >= 4 is 17.7 Å². The Labute approximate surface area is 223 Å². The van der Waals surface area contributed by atoms with Crippen LogP contribution in [0, 0.1) is 5.92 Å². The van der Waals surface area contributed by atoms with E-state index in [2.05, 4.69) is 16.3 Å². The van der Waals surface area contributed by atoms with Crippen LogP contribution in [0.25, 0.3) is 0 Å². The molecule has 3 N–H and O–H groups in total. The normalized spacial score (nSPS) is 20.8. The minimum atomic E-state index is -0.236. The zero-order chi connectivity index (χ0) is 26.5. The lowest BCUT2D eigenvalue weighted by molar-refractivity contribution is -0.134. The number of nitrogens with zero attached hydrogens (tertiary/aromatic N) is 2. The van der Waals surface area contributed by atoms with Crippen molar-refractivity contribution in [3.63, 3.8) is 0 Å². The summed E-state index contributed by atoms with van der Waals surface area (Å²) in [7, 11) is 0. The molecule has 9 heteroatoms. The van der Waals surface area contributed by atoms with Crippen LogP contribution < -0.4 is 20.5 Å². The Morgan fingerprint density at radius 1 is 1.03 bits per heavy atom. The molecule has 0 aliphatic carbocycles. The molecule has 2 aromatic carbocycles. The number of fused-ring (bicyclic) bond motifs is 8. The standard InChI is InChI=1S/C29H36N4O5/c30-29(36)20-7-12-32(13-8-20)14-10-27(35)33-15-9-21-17-24-5-6-25(21)28(33)22-3-1-4-23(18-22)37-16-2-11-31-26(34)19-38-24/h1,3-6,17-18,20,28H,2,7-16,19H2,(H2,30,36)(H,31,34). The van der Waals surface area contributed by atoms with Gasteiger partial charge in [0.05, 0.1) is 12.6 Å². The molecular weight excluding hydrogens is 484 g/mol. The molecule has 6 rings (SSSR count). The van der Waals surface area contributed by atoms with E-state index in [1.54, 1.807) is 0 Å². The Morgan fingerprint density at radius 3 is 2.66 bits per heavy atom. The van der Waals surface area contributed by atoms with Crippen molar-refractivity contribution in [3.8, 4) is 11.5 Å². The van der Waals surface area contributed by atoms with Gasteiger partial charge in [-0.2, -0.15) is 0 Å². The lowest BCUT2D eigenvalue weighted by atomic mass is 9.87. The quantitative estimate of drug-likeness (QED) is 0.638. The first-order valence-electron chi connectivity index (χ1n) is 13.5. The van der Waals surface area contributed by atoms with E-state index < -0.39 is 0 Å². The highest BCUT2D eigenvalue weighted by molar-refractivity contribution is 5.79. The second kappa shape index (κ2) is 11.9. The molecule has 0 radical (unpaired) electrons. The van der Waals surface area contributed by atoms with Gasteiger partial charge in [-0.05, 0) is 79.7 Å². The first kappa shape index (κ1) is 26.0. The summed E-state index contributed by atoms with van der Waals surface area (Å²) in [5.74, 6) is 1.06. The fourth-order valence-electron chi connectivity index (χ4n) is 5.62. The summed E-state index contributed by atoms with van der Waals surface area (Å²) in [6, 6.07) is 13.6. The Balaban J connectivity index is 1.37. The molecule has 1 saturated heterocycles. The second-order valence-corrected chi connectivity index (χ2v) is 10.3. The van der Waals surface area contributed by atoms with Crippen LogP contribution in [0.3, 0.4) is 0 Å². The summed E-state index contributed by atoms with van der Waals surface area (Å²) in [5, 5.41) is 2.86. The fraction of sp³-hybridized carbons (Fsp3) is 0.483. The van der Waals surface area contributed by atoms with Gasteiger partial charge in [0, 0.05) is 32.0 Å². The summed E-state index contributed by atoms with van der Waals surface area (Å²) in [4.78, 5) is 41.5. The highest BCUT2D eigenvalue weighted by Gasteiger charge is 2.33. The summed E-state index contributed by atoms with van der Waals surface area (Å²) >= 11 is 0. The summed E-state index contributed by atoms with van der Waals surface area (Å²) in [6.45, 7) is 3.78. The molecule has 1 atom stereocenters. The van der Waals surface area contributed by atoms with Gasteiger partial charge in [-0.15, -0.1) is 0 Å².